The first-order chi connectivity index (χ1) is 6.80. The molecule has 0 aliphatic heterocycles. The molecule has 0 amide bonds. The van der Waals surface area contributed by atoms with E-state index in [-0.39, 0.29) is 10.6 Å². The molecule has 0 atom stereocenters. The van der Waals surface area contributed by atoms with Crippen molar-refractivity contribution in [2.24, 2.45) is 0 Å². The van der Waals surface area contributed by atoms with Crippen LogP contribution in [0.4, 0.5) is 13.2 Å². The molecule has 0 unspecified atom stereocenters. The van der Waals surface area contributed by atoms with Crippen molar-refractivity contribution in [3.05, 3.63) is 34.3 Å². The predicted octanol–water partition coefficient (Wildman–Crippen LogP) is 2.99. The highest BCUT2D eigenvalue weighted by molar-refractivity contribution is 6.30. The van der Waals surface area contributed by atoms with Crippen LogP contribution in [0.3, 0.4) is 0 Å². The van der Waals surface area contributed by atoms with E-state index in [1.165, 1.54) is 6.07 Å². The number of aliphatic carboxylic acids is 1. The number of carboxylic acids is 1. The summed E-state index contributed by atoms with van der Waals surface area (Å²) in [6.45, 7) is 0. The molecule has 0 aliphatic rings. The van der Waals surface area contributed by atoms with Crippen LogP contribution in [0.5, 0.6) is 0 Å². The highest BCUT2D eigenvalue weighted by atomic mass is 35.5. The molecule has 82 valence electrons. The molecule has 0 heterocycles. The number of benzene rings is 1. The molecule has 0 spiro atoms. The van der Waals surface area contributed by atoms with Crippen molar-refractivity contribution < 1.29 is 23.1 Å². The molecule has 1 aromatic rings. The fraction of sp³-hybridized carbons (Fsp3) is 0.222. The molecular weight excluding hydrogens is 233 g/mol. The standard InChI is InChI=1S/C9H6ClF3O2/c10-6-2-1-5(3-8(14)15)7(4-6)9(11,12)13/h1-2,4H,3H2,(H,14,15). The molecule has 0 bridgehead atoms. The summed E-state index contributed by atoms with van der Waals surface area (Å²) in [5.41, 5.74) is -1.29. The van der Waals surface area contributed by atoms with Gasteiger partial charge in [-0.1, -0.05) is 17.7 Å². The Labute approximate surface area is 88.3 Å². The fourth-order valence-corrected chi connectivity index (χ4v) is 1.30. The number of halogens is 4. The van der Waals surface area contributed by atoms with Gasteiger partial charge in [0.25, 0.3) is 0 Å². The molecule has 1 aromatic carbocycles. The normalized spacial score (nSPS) is 11.5. The Balaban J connectivity index is 3.20. The smallest absolute Gasteiger partial charge is 0.416 e. The number of hydrogen-bond acceptors (Lipinski definition) is 1. The maximum Gasteiger partial charge on any atom is 0.416 e. The zero-order valence-corrected chi connectivity index (χ0v) is 8.06. The van der Waals surface area contributed by atoms with Crippen LogP contribution in [-0.2, 0) is 17.4 Å². The Bertz CT molecular complexity index is 387. The van der Waals surface area contributed by atoms with E-state index in [2.05, 4.69) is 0 Å². The molecule has 0 aliphatic carbocycles. The van der Waals surface area contributed by atoms with Gasteiger partial charge in [-0.2, -0.15) is 13.2 Å². The Hall–Kier alpha value is -1.23. The summed E-state index contributed by atoms with van der Waals surface area (Å²) >= 11 is 5.41. The van der Waals surface area contributed by atoms with Crippen molar-refractivity contribution in [1.29, 1.82) is 0 Å². The third kappa shape index (κ3) is 3.13. The molecule has 0 saturated heterocycles. The van der Waals surface area contributed by atoms with Crippen LogP contribution in [0, 0.1) is 0 Å². The molecule has 6 heteroatoms. The topological polar surface area (TPSA) is 37.3 Å². The van der Waals surface area contributed by atoms with Crippen LogP contribution >= 0.6 is 11.6 Å². The van der Waals surface area contributed by atoms with Gasteiger partial charge in [0.15, 0.2) is 0 Å². The predicted molar refractivity (Wildman–Crippen MR) is 47.8 cm³/mol. The highest BCUT2D eigenvalue weighted by Gasteiger charge is 2.33. The number of hydrogen-bond donors (Lipinski definition) is 1. The Morgan fingerprint density at radius 1 is 1.40 bits per heavy atom. The highest BCUT2D eigenvalue weighted by Crippen LogP contribution is 2.33. The number of rotatable bonds is 2. The zero-order chi connectivity index (χ0) is 11.6. The lowest BCUT2D eigenvalue weighted by Crippen LogP contribution is -2.12. The minimum absolute atomic E-state index is 0.0727. The molecular formula is C9H6ClF3O2. The van der Waals surface area contributed by atoms with Crippen molar-refractivity contribution in [2.75, 3.05) is 0 Å². The van der Waals surface area contributed by atoms with Crippen molar-refractivity contribution >= 4 is 17.6 Å². The summed E-state index contributed by atoms with van der Waals surface area (Å²) < 4.78 is 37.3. The molecule has 0 saturated carbocycles. The largest absolute Gasteiger partial charge is 0.481 e. The van der Waals surface area contributed by atoms with Gasteiger partial charge in [-0.25, -0.2) is 0 Å². The summed E-state index contributed by atoms with van der Waals surface area (Å²) in [5, 5.41) is 8.35. The first-order valence-electron chi connectivity index (χ1n) is 3.88. The second-order valence-electron chi connectivity index (χ2n) is 2.87. The average molecular weight is 239 g/mol. The first-order valence-corrected chi connectivity index (χ1v) is 4.26. The van der Waals surface area contributed by atoms with Gasteiger partial charge in [-0.15, -0.1) is 0 Å². The van der Waals surface area contributed by atoms with Crippen molar-refractivity contribution in [3.8, 4) is 0 Å². The molecule has 1 rings (SSSR count). The maximum atomic E-state index is 12.4. The lowest BCUT2D eigenvalue weighted by molar-refractivity contribution is -0.139. The van der Waals surface area contributed by atoms with E-state index in [0.29, 0.717) is 0 Å². The molecule has 15 heavy (non-hydrogen) atoms. The Kier molecular flexibility index (Phi) is 3.24. The van der Waals surface area contributed by atoms with Crippen LogP contribution in [-0.4, -0.2) is 11.1 Å². The van der Waals surface area contributed by atoms with Gasteiger partial charge in [0, 0.05) is 5.02 Å². The number of carboxylic acid groups (broad SMARTS) is 1. The summed E-state index contributed by atoms with van der Waals surface area (Å²) in [4.78, 5) is 10.3. The van der Waals surface area contributed by atoms with E-state index >= 15 is 0 Å². The van der Waals surface area contributed by atoms with E-state index < -0.39 is 24.1 Å². The lowest BCUT2D eigenvalue weighted by Gasteiger charge is -2.11. The third-order valence-corrected chi connectivity index (χ3v) is 1.95. The summed E-state index contributed by atoms with van der Waals surface area (Å²) in [6.07, 6.45) is -5.26. The van der Waals surface area contributed by atoms with E-state index in [1.807, 2.05) is 0 Å². The van der Waals surface area contributed by atoms with Gasteiger partial charge in [-0.05, 0) is 17.7 Å². The van der Waals surface area contributed by atoms with Crippen LogP contribution in [0.15, 0.2) is 18.2 Å². The Morgan fingerprint density at radius 2 is 2.00 bits per heavy atom. The minimum atomic E-state index is -4.59. The number of carbonyl (C=O) groups is 1. The first kappa shape index (κ1) is 11.8. The van der Waals surface area contributed by atoms with E-state index in [4.69, 9.17) is 16.7 Å². The minimum Gasteiger partial charge on any atom is -0.481 e. The van der Waals surface area contributed by atoms with Crippen molar-refractivity contribution in [1.82, 2.24) is 0 Å². The van der Waals surface area contributed by atoms with Gasteiger partial charge in [-0.3, -0.25) is 4.79 Å². The van der Waals surface area contributed by atoms with Crippen molar-refractivity contribution in [2.45, 2.75) is 12.6 Å². The maximum absolute atomic E-state index is 12.4. The quantitative estimate of drug-likeness (QED) is 0.860. The lowest BCUT2D eigenvalue weighted by atomic mass is 10.0. The fourth-order valence-electron chi connectivity index (χ4n) is 1.13. The van der Waals surface area contributed by atoms with Gasteiger partial charge in [0.2, 0.25) is 0 Å². The van der Waals surface area contributed by atoms with Gasteiger partial charge in [0.1, 0.15) is 0 Å². The second kappa shape index (κ2) is 4.10. The summed E-state index contributed by atoms with van der Waals surface area (Å²) in [5.74, 6) is -1.32. The third-order valence-electron chi connectivity index (χ3n) is 1.72. The van der Waals surface area contributed by atoms with E-state index in [1.54, 1.807) is 0 Å². The van der Waals surface area contributed by atoms with Crippen molar-refractivity contribution in [3.63, 3.8) is 0 Å². The molecule has 0 aromatic heterocycles. The molecule has 2 nitrogen and oxygen atoms in total. The Morgan fingerprint density at radius 3 is 2.47 bits per heavy atom. The van der Waals surface area contributed by atoms with Gasteiger partial charge >= 0.3 is 12.1 Å². The molecule has 1 N–H and O–H groups in total. The summed E-state index contributed by atoms with van der Waals surface area (Å²) in [7, 11) is 0. The number of alkyl halides is 3. The summed E-state index contributed by atoms with van der Waals surface area (Å²) in [6, 6.07) is 3.02. The molecule has 0 fully saturated rings. The average Bonchev–Trinajstić information content (AvgIpc) is 2.05. The second-order valence-corrected chi connectivity index (χ2v) is 3.31. The van der Waals surface area contributed by atoms with Crippen LogP contribution < -0.4 is 0 Å². The van der Waals surface area contributed by atoms with E-state index in [0.717, 1.165) is 12.1 Å². The molecule has 0 radical (unpaired) electrons. The van der Waals surface area contributed by atoms with Crippen LogP contribution in [0.1, 0.15) is 11.1 Å². The van der Waals surface area contributed by atoms with Crippen LogP contribution in [0.2, 0.25) is 5.02 Å². The monoisotopic (exact) mass is 238 g/mol. The van der Waals surface area contributed by atoms with Gasteiger partial charge in [0.05, 0.1) is 12.0 Å². The zero-order valence-electron chi connectivity index (χ0n) is 7.31. The SMILES string of the molecule is O=C(O)Cc1ccc(Cl)cc1C(F)(F)F. The van der Waals surface area contributed by atoms with Crippen LogP contribution in [0.25, 0.3) is 0 Å². The van der Waals surface area contributed by atoms with Gasteiger partial charge < -0.3 is 5.11 Å². The van der Waals surface area contributed by atoms with E-state index in [9.17, 15) is 18.0 Å².